The summed E-state index contributed by atoms with van der Waals surface area (Å²) in [5.74, 6) is 0. The number of carbonyl (C=O) groups is 1. The fraction of sp³-hybridized carbons (Fsp3) is 0.556. The van der Waals surface area contributed by atoms with Gasteiger partial charge in [0.1, 0.15) is 6.29 Å². The predicted molar refractivity (Wildman–Crippen MR) is 47.0 cm³/mol. The maximum Gasteiger partial charge on any atom is 0.131 e. The third-order valence-corrected chi connectivity index (χ3v) is 1.92. The minimum Gasteiger partial charge on any atom is -0.302 e. The smallest absolute Gasteiger partial charge is 0.131 e. The van der Waals surface area contributed by atoms with Crippen molar-refractivity contribution >= 4 is 6.29 Å². The quantitative estimate of drug-likeness (QED) is 0.636. The molecule has 1 aromatic heterocycles. The van der Waals surface area contributed by atoms with Gasteiger partial charge in [0, 0.05) is 12.7 Å². The van der Waals surface area contributed by atoms with Crippen molar-refractivity contribution in [2.75, 3.05) is 0 Å². The highest BCUT2D eigenvalue weighted by molar-refractivity contribution is 5.65. The summed E-state index contributed by atoms with van der Waals surface area (Å²) >= 11 is 0. The van der Waals surface area contributed by atoms with E-state index in [-0.39, 0.29) is 0 Å². The Bertz CT molecular complexity index is 276. The molecule has 1 heterocycles. The maximum atomic E-state index is 10.7. The van der Waals surface area contributed by atoms with Gasteiger partial charge in [0.15, 0.2) is 0 Å². The van der Waals surface area contributed by atoms with Gasteiger partial charge in [-0.1, -0.05) is 0 Å². The van der Waals surface area contributed by atoms with Crippen molar-refractivity contribution in [3.8, 4) is 0 Å². The molecule has 3 heteroatoms. The average Bonchev–Trinajstić information content (AvgIpc) is 2.52. The van der Waals surface area contributed by atoms with E-state index in [9.17, 15) is 4.79 Å². The molecule has 1 rings (SSSR count). The zero-order chi connectivity index (χ0) is 9.19. The van der Waals surface area contributed by atoms with Crippen molar-refractivity contribution < 1.29 is 4.79 Å². The van der Waals surface area contributed by atoms with Crippen LogP contribution in [0.15, 0.2) is 12.3 Å². The Hall–Kier alpha value is -1.12. The van der Waals surface area contributed by atoms with Gasteiger partial charge in [-0.25, -0.2) is 0 Å². The average molecular weight is 166 g/mol. The number of hydrogen-bond acceptors (Lipinski definition) is 2. The molecular formula is C9H14N2O. The molecule has 1 aromatic rings. The van der Waals surface area contributed by atoms with Crippen LogP contribution in [-0.4, -0.2) is 16.1 Å². The molecular weight excluding hydrogens is 152 g/mol. The van der Waals surface area contributed by atoms with Crippen LogP contribution in [0.4, 0.5) is 0 Å². The molecule has 0 saturated heterocycles. The summed E-state index contributed by atoms with van der Waals surface area (Å²) in [5.41, 5.74) is 0.375. The Morgan fingerprint density at radius 1 is 1.67 bits per heavy atom. The molecule has 0 radical (unpaired) electrons. The van der Waals surface area contributed by atoms with Crippen LogP contribution in [0.1, 0.15) is 26.5 Å². The highest BCUT2D eigenvalue weighted by Gasteiger charge is 2.21. The fourth-order valence-corrected chi connectivity index (χ4v) is 0.942. The van der Waals surface area contributed by atoms with E-state index in [1.165, 1.54) is 0 Å². The number of carbonyl (C=O) groups excluding carboxylic acids is 1. The van der Waals surface area contributed by atoms with E-state index in [1.54, 1.807) is 0 Å². The standard InChI is InChI=1S/C9H14N2O/c1-4-11-6-5-8(10-11)9(2,3)7-12/h5-7H,4H2,1-3H3. The molecule has 3 nitrogen and oxygen atoms in total. The van der Waals surface area contributed by atoms with Crippen LogP contribution in [0.5, 0.6) is 0 Å². The second-order valence-electron chi connectivity index (χ2n) is 3.40. The molecule has 12 heavy (non-hydrogen) atoms. The van der Waals surface area contributed by atoms with Crippen molar-refractivity contribution in [2.24, 2.45) is 0 Å². The zero-order valence-electron chi connectivity index (χ0n) is 7.74. The van der Waals surface area contributed by atoms with Crippen molar-refractivity contribution in [1.29, 1.82) is 0 Å². The van der Waals surface area contributed by atoms with Crippen molar-refractivity contribution in [3.05, 3.63) is 18.0 Å². The Labute approximate surface area is 72.4 Å². The molecule has 0 aliphatic carbocycles. The number of aromatic nitrogens is 2. The Morgan fingerprint density at radius 3 is 2.75 bits per heavy atom. The van der Waals surface area contributed by atoms with Gasteiger partial charge in [0.05, 0.1) is 11.1 Å². The van der Waals surface area contributed by atoms with Gasteiger partial charge in [-0.15, -0.1) is 0 Å². The van der Waals surface area contributed by atoms with Crippen molar-refractivity contribution in [2.45, 2.75) is 32.7 Å². The van der Waals surface area contributed by atoms with Gasteiger partial charge in [-0.3, -0.25) is 4.68 Å². The van der Waals surface area contributed by atoms with E-state index >= 15 is 0 Å². The summed E-state index contributed by atoms with van der Waals surface area (Å²) in [6.07, 6.45) is 2.82. The van der Waals surface area contributed by atoms with Crippen LogP contribution in [0.2, 0.25) is 0 Å². The molecule has 0 saturated carbocycles. The van der Waals surface area contributed by atoms with E-state index in [4.69, 9.17) is 0 Å². The summed E-state index contributed by atoms with van der Waals surface area (Å²) < 4.78 is 1.82. The number of nitrogens with zero attached hydrogens (tertiary/aromatic N) is 2. The van der Waals surface area contributed by atoms with Gasteiger partial charge in [0.25, 0.3) is 0 Å². The Balaban J connectivity index is 2.95. The Morgan fingerprint density at radius 2 is 2.33 bits per heavy atom. The first-order valence-electron chi connectivity index (χ1n) is 4.10. The van der Waals surface area contributed by atoms with E-state index < -0.39 is 5.41 Å². The molecule has 0 spiro atoms. The molecule has 0 N–H and O–H groups in total. The highest BCUT2D eigenvalue weighted by Crippen LogP contribution is 2.17. The van der Waals surface area contributed by atoms with Gasteiger partial charge >= 0.3 is 0 Å². The molecule has 0 unspecified atom stereocenters. The summed E-state index contributed by atoms with van der Waals surface area (Å²) in [6, 6.07) is 1.89. The first kappa shape index (κ1) is 8.97. The summed E-state index contributed by atoms with van der Waals surface area (Å²) in [4.78, 5) is 10.7. The summed E-state index contributed by atoms with van der Waals surface area (Å²) in [5, 5.41) is 4.26. The SMILES string of the molecule is CCn1ccc(C(C)(C)C=O)n1. The zero-order valence-corrected chi connectivity index (χ0v) is 7.74. The molecule has 0 aliphatic heterocycles. The lowest BCUT2D eigenvalue weighted by molar-refractivity contribution is -0.111. The second-order valence-corrected chi connectivity index (χ2v) is 3.40. The third-order valence-electron chi connectivity index (χ3n) is 1.92. The second kappa shape index (κ2) is 3.09. The van der Waals surface area contributed by atoms with Crippen LogP contribution in [0.25, 0.3) is 0 Å². The van der Waals surface area contributed by atoms with Crippen molar-refractivity contribution in [1.82, 2.24) is 9.78 Å². The van der Waals surface area contributed by atoms with Gasteiger partial charge in [-0.2, -0.15) is 5.10 Å². The topological polar surface area (TPSA) is 34.9 Å². The van der Waals surface area contributed by atoms with E-state index in [0.29, 0.717) is 0 Å². The molecule has 66 valence electrons. The number of aryl methyl sites for hydroxylation is 1. The highest BCUT2D eigenvalue weighted by atomic mass is 16.1. The first-order chi connectivity index (χ1) is 5.60. The Kier molecular flexibility index (Phi) is 2.31. The van der Waals surface area contributed by atoms with Gasteiger partial charge < -0.3 is 4.79 Å². The molecule has 0 aromatic carbocycles. The minimum absolute atomic E-state index is 0.458. The van der Waals surface area contributed by atoms with Crippen LogP contribution in [0, 0.1) is 0 Å². The molecule has 0 bridgehead atoms. The molecule has 0 fully saturated rings. The van der Waals surface area contributed by atoms with E-state index in [2.05, 4.69) is 5.10 Å². The lowest BCUT2D eigenvalue weighted by Gasteiger charge is -2.12. The summed E-state index contributed by atoms with van der Waals surface area (Å²) in [7, 11) is 0. The van der Waals surface area contributed by atoms with Crippen LogP contribution in [0.3, 0.4) is 0 Å². The van der Waals surface area contributed by atoms with Crippen LogP contribution >= 0.6 is 0 Å². The maximum absolute atomic E-state index is 10.7. The molecule has 0 aliphatic rings. The van der Waals surface area contributed by atoms with Crippen molar-refractivity contribution in [3.63, 3.8) is 0 Å². The fourth-order valence-electron chi connectivity index (χ4n) is 0.942. The first-order valence-corrected chi connectivity index (χ1v) is 4.10. The summed E-state index contributed by atoms with van der Waals surface area (Å²) in [6.45, 7) is 6.59. The van der Waals surface area contributed by atoms with Crippen LogP contribution in [-0.2, 0) is 16.8 Å². The lowest BCUT2D eigenvalue weighted by atomic mass is 9.92. The predicted octanol–water partition coefficient (Wildman–Crippen LogP) is 1.38. The van der Waals surface area contributed by atoms with Gasteiger partial charge in [0.2, 0.25) is 0 Å². The monoisotopic (exact) mass is 166 g/mol. The largest absolute Gasteiger partial charge is 0.302 e. The minimum atomic E-state index is -0.458. The number of hydrogen-bond donors (Lipinski definition) is 0. The normalized spacial score (nSPS) is 11.6. The van der Waals surface area contributed by atoms with E-state index in [1.807, 2.05) is 37.7 Å². The number of aldehydes is 1. The molecule has 0 atom stereocenters. The van der Waals surface area contributed by atoms with Gasteiger partial charge in [-0.05, 0) is 26.8 Å². The third kappa shape index (κ3) is 1.55. The molecule has 0 amide bonds. The van der Waals surface area contributed by atoms with Crippen LogP contribution < -0.4 is 0 Å². The lowest BCUT2D eigenvalue weighted by Crippen LogP contribution is -2.19. The van der Waals surface area contributed by atoms with E-state index in [0.717, 1.165) is 18.5 Å². The number of rotatable bonds is 3.